The number of anilines is 18. The average molecular weight is 1890 g/mol. The highest BCUT2D eigenvalue weighted by atomic mass is 15.2. The molecule has 0 unspecified atom stereocenters. The number of nitrogens with zero attached hydrogens (tertiary/aromatic N) is 6. The Morgan fingerprint density at radius 1 is 0.158 bits per heavy atom. The Morgan fingerprint density at radius 3 is 0.616 bits per heavy atom. The van der Waals surface area contributed by atoms with Gasteiger partial charge in [-0.15, -0.1) is 0 Å². The number of hydrogen-bond acceptors (Lipinski definition) is 6. The van der Waals surface area contributed by atoms with E-state index in [-0.39, 0.29) is 45.9 Å². The largest absolute Gasteiger partial charge is 0.311 e. The lowest BCUT2D eigenvalue weighted by molar-refractivity contribution is 0.590. The van der Waals surface area contributed by atoms with Crippen molar-refractivity contribution in [1.29, 1.82) is 0 Å². The van der Waals surface area contributed by atoms with Gasteiger partial charge >= 0.3 is 0 Å². The van der Waals surface area contributed by atoms with Gasteiger partial charge in [-0.05, 0) is 235 Å². The minimum Gasteiger partial charge on any atom is -0.311 e. The van der Waals surface area contributed by atoms with Gasteiger partial charge in [0.2, 0.25) is 0 Å². The number of fused-ring (bicyclic) bond motifs is 8. The third-order valence-electron chi connectivity index (χ3n) is 30.8. The Bertz CT molecular complexity index is 7730. The fraction of sp³-hybridized carbons (Fsp3) is 0.174. The molecular formula is C138H126B2N6. The van der Waals surface area contributed by atoms with Crippen LogP contribution in [-0.2, 0) is 32.5 Å². The Labute approximate surface area is 865 Å². The van der Waals surface area contributed by atoms with Crippen LogP contribution in [0.3, 0.4) is 0 Å². The maximum atomic E-state index is 2.73. The molecule has 0 saturated heterocycles. The molecule has 19 aromatic rings. The van der Waals surface area contributed by atoms with Gasteiger partial charge in [0, 0.05) is 90.3 Å². The maximum Gasteiger partial charge on any atom is 0.252 e. The molecule has 19 aromatic carbocycles. The van der Waals surface area contributed by atoms with Gasteiger partial charge in [0.05, 0.1) is 45.5 Å². The van der Waals surface area contributed by atoms with Crippen LogP contribution >= 0.6 is 0 Å². The molecule has 0 bridgehead atoms. The van der Waals surface area contributed by atoms with Crippen LogP contribution in [0.4, 0.5) is 102 Å². The molecule has 6 nitrogen and oxygen atoms in total. The van der Waals surface area contributed by atoms with E-state index in [1.165, 1.54) is 66.2 Å². The van der Waals surface area contributed by atoms with Gasteiger partial charge in [0.1, 0.15) is 0 Å². The summed E-state index contributed by atoms with van der Waals surface area (Å²) in [5.74, 6) is 0. The second-order valence-corrected chi connectivity index (χ2v) is 46.5. The lowest BCUT2D eigenvalue weighted by atomic mass is 9.30. The highest BCUT2D eigenvalue weighted by Crippen LogP contribution is 2.58. The van der Waals surface area contributed by atoms with Crippen LogP contribution in [-0.4, -0.2) is 13.4 Å². The molecule has 0 N–H and O–H groups in total. The summed E-state index contributed by atoms with van der Waals surface area (Å²) in [6.45, 7) is 40.9. The molecule has 0 aromatic heterocycles. The van der Waals surface area contributed by atoms with E-state index in [1.54, 1.807) is 0 Å². The van der Waals surface area contributed by atoms with Gasteiger partial charge in [0.15, 0.2) is 0 Å². The SMILES string of the molecule is CC(C)(C)c1ccc(-c2ccccc2N(c2ccccc2)c2cc3c4c(c2)N(c2ccccc2-c2ccc(C(C)(C)C)cc2)c2cc5c(cc2B4c2ccccc2N3c2ccccc2-c2ccc(C(C)(C)C)cc2)B2c3ccccc3N(c3ccccc3-c3ccc(C(C)(C)C)cc3)c3cc(N(c4ccccc4)c4ccccc4-c4ccc(C(C)(C)C)cc4)cc(c32)N5c2ccccc2-c2ccc(C(C)(C)C)cc2)cc1. The van der Waals surface area contributed by atoms with Crippen molar-refractivity contribution in [3.8, 4) is 66.8 Å². The van der Waals surface area contributed by atoms with Crippen LogP contribution in [0.15, 0.2) is 437 Å². The molecule has 146 heavy (non-hydrogen) atoms. The monoisotopic (exact) mass is 1890 g/mol. The molecule has 4 aliphatic heterocycles. The van der Waals surface area contributed by atoms with Gasteiger partial charge in [-0.2, -0.15) is 0 Å². The first-order valence-electron chi connectivity index (χ1n) is 52.1. The molecule has 4 aliphatic rings. The van der Waals surface area contributed by atoms with Crippen molar-refractivity contribution in [2.45, 2.75) is 157 Å². The van der Waals surface area contributed by atoms with Crippen molar-refractivity contribution in [3.05, 3.63) is 470 Å². The predicted octanol–water partition coefficient (Wildman–Crippen LogP) is 34.6. The summed E-state index contributed by atoms with van der Waals surface area (Å²) in [5, 5.41) is 0. The summed E-state index contributed by atoms with van der Waals surface area (Å²) in [6, 6.07) is 168. The maximum absolute atomic E-state index is 2.73. The van der Waals surface area contributed by atoms with Crippen molar-refractivity contribution in [2.75, 3.05) is 29.4 Å². The van der Waals surface area contributed by atoms with Crippen molar-refractivity contribution in [1.82, 2.24) is 0 Å². The molecule has 0 radical (unpaired) electrons. The third kappa shape index (κ3) is 16.7. The first-order chi connectivity index (χ1) is 70.3. The smallest absolute Gasteiger partial charge is 0.252 e. The highest BCUT2D eigenvalue weighted by molar-refractivity contribution is 7.03. The van der Waals surface area contributed by atoms with Crippen LogP contribution in [0.25, 0.3) is 66.8 Å². The van der Waals surface area contributed by atoms with Crippen molar-refractivity contribution in [2.24, 2.45) is 0 Å². The molecule has 8 heteroatoms. The van der Waals surface area contributed by atoms with Gasteiger partial charge < -0.3 is 29.4 Å². The second-order valence-electron chi connectivity index (χ2n) is 46.5. The van der Waals surface area contributed by atoms with Crippen molar-refractivity contribution < 1.29 is 0 Å². The first-order valence-corrected chi connectivity index (χ1v) is 52.1. The van der Waals surface area contributed by atoms with E-state index in [0.717, 1.165) is 169 Å². The molecule has 714 valence electrons. The third-order valence-corrected chi connectivity index (χ3v) is 30.8. The van der Waals surface area contributed by atoms with Crippen LogP contribution in [0.2, 0.25) is 0 Å². The fourth-order valence-electron chi connectivity index (χ4n) is 23.0. The molecule has 4 heterocycles. The Hall–Kier alpha value is -15.9. The topological polar surface area (TPSA) is 19.4 Å². The van der Waals surface area contributed by atoms with E-state index in [4.69, 9.17) is 0 Å². The van der Waals surface area contributed by atoms with Crippen LogP contribution in [0, 0.1) is 0 Å². The predicted molar refractivity (Wildman–Crippen MR) is 629 cm³/mol. The molecule has 0 amide bonds. The molecule has 0 saturated carbocycles. The van der Waals surface area contributed by atoms with E-state index >= 15 is 0 Å². The van der Waals surface area contributed by atoms with E-state index in [0.29, 0.717) is 0 Å². The van der Waals surface area contributed by atoms with Gasteiger partial charge in [-0.25, -0.2) is 0 Å². The zero-order valence-corrected chi connectivity index (χ0v) is 87.4. The van der Waals surface area contributed by atoms with Crippen LogP contribution in [0.1, 0.15) is 158 Å². The average Bonchev–Trinajstić information content (AvgIpc) is 0.678. The van der Waals surface area contributed by atoms with E-state index < -0.39 is 0 Å². The van der Waals surface area contributed by atoms with Gasteiger partial charge in [-0.1, -0.05) is 458 Å². The van der Waals surface area contributed by atoms with E-state index in [1.807, 2.05) is 0 Å². The minimum absolute atomic E-state index is 0.0531. The normalized spacial score (nSPS) is 13.2. The van der Waals surface area contributed by atoms with Crippen LogP contribution in [0.5, 0.6) is 0 Å². The molecule has 0 spiro atoms. The Kier molecular flexibility index (Phi) is 23.2. The fourth-order valence-corrected chi connectivity index (χ4v) is 23.0. The van der Waals surface area contributed by atoms with E-state index in [2.05, 4.69) is 591 Å². The standard InChI is InChI=1S/C138H126B2N6/c1-133(2,3)97-73-61-91(62-74-97)107-45-25-33-53-117(107)141(103-41-21-19-22-42-103)105-85-127-131-129(87-105)145(121-57-37-29-49-111(121)95-69-81-101(82-70-95)137(13,14)15)125-90-126-116(89-115(125)139(131)113-51-31-39-59-123(113)143(127)119-55-35-27-47-109(119)93-65-77-99(78-66-93)135(7,8)9)140-114-52-32-40-60-124(114)144(120-56-36-28-48-110(120)94-67-79-100(80-68-94)136(10,11)12)128-86-106(88-130(132(128)140)146(126)122-58-38-30-50-112(122)96-71-83-102(84-72-96)138(16,17)18)142(104-43-23-20-24-44-104)118-54-34-26-46-108(118)92-63-75-98(76-64-92)134(4,5)6/h19-90H,1-18H3. The number of benzene rings is 19. The summed E-state index contributed by atoms with van der Waals surface area (Å²) < 4.78 is 0. The Balaban J connectivity index is 0.875. The molecule has 0 atom stereocenters. The van der Waals surface area contributed by atoms with Crippen molar-refractivity contribution >= 4 is 149 Å². The Morgan fingerprint density at radius 2 is 0.363 bits per heavy atom. The van der Waals surface area contributed by atoms with Gasteiger partial charge in [0.25, 0.3) is 13.4 Å². The zero-order valence-electron chi connectivity index (χ0n) is 87.4. The first kappa shape index (κ1) is 93.7. The summed E-state index contributed by atoms with van der Waals surface area (Å²) in [5.41, 5.74) is 47.1. The number of hydrogen-bond donors (Lipinski definition) is 0. The van der Waals surface area contributed by atoms with Crippen molar-refractivity contribution in [3.63, 3.8) is 0 Å². The summed E-state index contributed by atoms with van der Waals surface area (Å²) in [6.07, 6.45) is 0. The minimum atomic E-state index is -0.366. The molecule has 0 fully saturated rings. The number of rotatable bonds is 16. The van der Waals surface area contributed by atoms with Crippen LogP contribution < -0.4 is 62.2 Å². The highest BCUT2D eigenvalue weighted by Gasteiger charge is 2.51. The lowest BCUT2D eigenvalue weighted by Gasteiger charge is -2.48. The second kappa shape index (κ2) is 36.1. The lowest BCUT2D eigenvalue weighted by Crippen LogP contribution is -2.65. The summed E-state index contributed by atoms with van der Waals surface area (Å²) in [7, 11) is 0. The summed E-state index contributed by atoms with van der Waals surface area (Å²) >= 11 is 0. The molecule has 23 rings (SSSR count). The zero-order chi connectivity index (χ0) is 101. The quantitative estimate of drug-likeness (QED) is 0.0892. The van der Waals surface area contributed by atoms with Gasteiger partial charge in [-0.3, -0.25) is 0 Å². The van der Waals surface area contributed by atoms with E-state index in [9.17, 15) is 0 Å². The molecular weight excluding hydrogens is 1760 g/mol. The summed E-state index contributed by atoms with van der Waals surface area (Å²) in [4.78, 5) is 15.8. The molecule has 0 aliphatic carbocycles. The number of para-hydroxylation sites is 10.